The summed E-state index contributed by atoms with van der Waals surface area (Å²) in [5.41, 5.74) is 1.30. The quantitative estimate of drug-likeness (QED) is 0.690. The summed E-state index contributed by atoms with van der Waals surface area (Å²) in [4.78, 5) is 0. The smallest absolute Gasteiger partial charge is 0.0395 e. The Morgan fingerprint density at radius 1 is 1.15 bits per heavy atom. The molecule has 0 heterocycles. The van der Waals surface area contributed by atoms with Gasteiger partial charge in [0.15, 0.2) is 0 Å². The Labute approximate surface area is 79.8 Å². The highest BCUT2D eigenvalue weighted by Crippen LogP contribution is 1.96. The van der Waals surface area contributed by atoms with Gasteiger partial charge in [-0.1, -0.05) is 42.5 Å². The summed E-state index contributed by atoms with van der Waals surface area (Å²) in [6.07, 6.45) is 7.94. The fraction of sp³-hybridized carbons (Fsp3) is 0.167. The van der Waals surface area contributed by atoms with Gasteiger partial charge >= 0.3 is 0 Å². The van der Waals surface area contributed by atoms with E-state index in [9.17, 15) is 0 Å². The topological polar surface area (TPSA) is 12.0 Å². The molecule has 0 bridgehead atoms. The van der Waals surface area contributed by atoms with Gasteiger partial charge in [0.2, 0.25) is 0 Å². The molecule has 0 unspecified atom stereocenters. The zero-order valence-electron chi connectivity index (χ0n) is 7.90. The van der Waals surface area contributed by atoms with Crippen LogP contribution in [0.5, 0.6) is 0 Å². The van der Waals surface area contributed by atoms with Crippen molar-refractivity contribution in [1.82, 2.24) is 5.32 Å². The molecule has 0 atom stereocenters. The second-order valence-corrected chi connectivity index (χ2v) is 2.75. The first-order valence-corrected chi connectivity index (χ1v) is 4.48. The fourth-order valence-corrected chi connectivity index (χ4v) is 1.01. The van der Waals surface area contributed by atoms with E-state index in [-0.39, 0.29) is 0 Å². The molecule has 68 valence electrons. The van der Waals surface area contributed by atoms with E-state index in [4.69, 9.17) is 0 Å². The molecule has 0 amide bonds. The molecule has 1 nitrogen and oxygen atoms in total. The van der Waals surface area contributed by atoms with E-state index >= 15 is 0 Å². The minimum absolute atomic E-state index is 0.884. The van der Waals surface area contributed by atoms with E-state index in [2.05, 4.69) is 17.4 Å². The van der Waals surface area contributed by atoms with Crippen LogP contribution in [0.2, 0.25) is 0 Å². The second kappa shape index (κ2) is 6.06. The maximum absolute atomic E-state index is 3.20. The van der Waals surface area contributed by atoms with Crippen LogP contribution in [0.3, 0.4) is 0 Å². The molecule has 0 aliphatic rings. The third-order valence-electron chi connectivity index (χ3n) is 1.67. The molecule has 0 aliphatic heterocycles. The molecule has 0 aromatic heterocycles. The van der Waals surface area contributed by atoms with Crippen molar-refractivity contribution in [2.24, 2.45) is 0 Å². The van der Waals surface area contributed by atoms with Gasteiger partial charge in [-0.15, -0.1) is 0 Å². The molecular weight excluding hydrogens is 158 g/mol. The van der Waals surface area contributed by atoms with Crippen molar-refractivity contribution < 1.29 is 0 Å². The van der Waals surface area contributed by atoms with E-state index in [1.54, 1.807) is 0 Å². The summed E-state index contributed by atoms with van der Waals surface area (Å²) in [7, 11) is 0. The number of rotatable bonds is 4. The minimum Gasteiger partial charge on any atom is -0.387 e. The molecule has 0 saturated heterocycles. The van der Waals surface area contributed by atoms with Crippen molar-refractivity contribution in [3.63, 3.8) is 0 Å². The fourth-order valence-electron chi connectivity index (χ4n) is 1.01. The van der Waals surface area contributed by atoms with E-state index in [1.807, 2.05) is 49.6 Å². The first-order valence-electron chi connectivity index (χ1n) is 4.48. The molecule has 0 fully saturated rings. The average molecular weight is 173 g/mol. The van der Waals surface area contributed by atoms with Gasteiger partial charge in [0.05, 0.1) is 0 Å². The minimum atomic E-state index is 0.884. The lowest BCUT2D eigenvalue weighted by Crippen LogP contribution is -2.03. The molecule has 0 radical (unpaired) electrons. The van der Waals surface area contributed by atoms with E-state index in [1.165, 1.54) is 5.56 Å². The molecule has 1 N–H and O–H groups in total. The van der Waals surface area contributed by atoms with Gasteiger partial charge < -0.3 is 5.32 Å². The maximum atomic E-state index is 3.20. The Kier molecular flexibility index (Phi) is 4.47. The normalized spacial score (nSPS) is 11.2. The Morgan fingerprint density at radius 2 is 1.92 bits per heavy atom. The molecule has 1 rings (SSSR count). The van der Waals surface area contributed by atoms with E-state index < -0.39 is 0 Å². The molecule has 0 spiro atoms. The summed E-state index contributed by atoms with van der Waals surface area (Å²) in [6.45, 7) is 2.89. The zero-order valence-corrected chi connectivity index (χ0v) is 7.90. The number of hydrogen-bond acceptors (Lipinski definition) is 1. The Bertz CT molecular complexity index is 272. The van der Waals surface area contributed by atoms with Gasteiger partial charge in [0, 0.05) is 6.54 Å². The van der Waals surface area contributed by atoms with E-state index in [0.29, 0.717) is 0 Å². The first-order chi connectivity index (χ1) is 6.43. The number of allylic oxidation sites excluding steroid dienone is 3. The summed E-state index contributed by atoms with van der Waals surface area (Å²) in [6, 6.07) is 10.3. The number of hydrogen-bond donors (Lipinski definition) is 1. The van der Waals surface area contributed by atoms with Crippen LogP contribution in [-0.2, 0) is 6.54 Å². The third kappa shape index (κ3) is 4.16. The standard InChI is InChI=1S/C12H15N/c1-2-3-7-10-13-11-12-8-5-4-6-9-12/h2-10,13H,11H2,1H3/b3-2-,10-7-. The lowest BCUT2D eigenvalue weighted by atomic mass is 10.2. The molecule has 0 aliphatic carbocycles. The first kappa shape index (κ1) is 9.59. The van der Waals surface area contributed by atoms with Crippen LogP contribution >= 0.6 is 0 Å². The van der Waals surface area contributed by atoms with Crippen LogP contribution in [-0.4, -0.2) is 0 Å². The molecule has 13 heavy (non-hydrogen) atoms. The number of benzene rings is 1. The van der Waals surface area contributed by atoms with Crippen molar-refractivity contribution in [3.05, 3.63) is 60.3 Å². The Hall–Kier alpha value is -1.50. The summed E-state index contributed by atoms with van der Waals surface area (Å²) < 4.78 is 0. The maximum Gasteiger partial charge on any atom is 0.0395 e. The van der Waals surface area contributed by atoms with Crippen LogP contribution in [0.25, 0.3) is 0 Å². The predicted octanol–water partition coefficient (Wildman–Crippen LogP) is 2.87. The van der Waals surface area contributed by atoms with Crippen LogP contribution < -0.4 is 5.32 Å². The van der Waals surface area contributed by atoms with Crippen LogP contribution in [0.15, 0.2) is 54.8 Å². The summed E-state index contributed by atoms with van der Waals surface area (Å²) in [5.74, 6) is 0. The van der Waals surface area contributed by atoms with Gasteiger partial charge in [0.1, 0.15) is 0 Å². The van der Waals surface area contributed by atoms with Gasteiger partial charge in [-0.05, 0) is 24.8 Å². The lowest BCUT2D eigenvalue weighted by molar-refractivity contribution is 0.870. The SMILES string of the molecule is C/C=C\C=C/NCc1ccccc1. The van der Waals surface area contributed by atoms with Crippen molar-refractivity contribution in [1.29, 1.82) is 0 Å². The Morgan fingerprint density at radius 3 is 2.62 bits per heavy atom. The van der Waals surface area contributed by atoms with Gasteiger partial charge in [-0.25, -0.2) is 0 Å². The number of nitrogens with one attached hydrogen (secondary N) is 1. The monoisotopic (exact) mass is 173 g/mol. The molecular formula is C12H15N. The summed E-state index contributed by atoms with van der Waals surface area (Å²) >= 11 is 0. The largest absolute Gasteiger partial charge is 0.387 e. The lowest BCUT2D eigenvalue weighted by Gasteiger charge is -1.99. The van der Waals surface area contributed by atoms with Crippen molar-refractivity contribution >= 4 is 0 Å². The zero-order chi connectivity index (χ0) is 9.36. The highest BCUT2D eigenvalue weighted by atomic mass is 14.8. The van der Waals surface area contributed by atoms with Crippen LogP contribution in [0.1, 0.15) is 12.5 Å². The predicted molar refractivity (Wildman–Crippen MR) is 57.2 cm³/mol. The molecule has 1 aromatic carbocycles. The van der Waals surface area contributed by atoms with Gasteiger partial charge in [0.25, 0.3) is 0 Å². The molecule has 0 saturated carbocycles. The molecule has 1 aromatic rings. The summed E-state index contributed by atoms with van der Waals surface area (Å²) in [5, 5.41) is 3.20. The molecule has 1 heteroatoms. The van der Waals surface area contributed by atoms with Crippen molar-refractivity contribution in [2.45, 2.75) is 13.5 Å². The van der Waals surface area contributed by atoms with Crippen LogP contribution in [0, 0.1) is 0 Å². The van der Waals surface area contributed by atoms with Crippen LogP contribution in [0.4, 0.5) is 0 Å². The van der Waals surface area contributed by atoms with Gasteiger partial charge in [-0.2, -0.15) is 0 Å². The third-order valence-corrected chi connectivity index (χ3v) is 1.67. The van der Waals surface area contributed by atoms with Gasteiger partial charge in [-0.3, -0.25) is 0 Å². The highest BCUT2D eigenvalue weighted by molar-refractivity contribution is 5.14. The highest BCUT2D eigenvalue weighted by Gasteiger charge is 1.84. The average Bonchev–Trinajstić information content (AvgIpc) is 2.19. The van der Waals surface area contributed by atoms with Crippen molar-refractivity contribution in [2.75, 3.05) is 0 Å². The Balaban J connectivity index is 2.28. The van der Waals surface area contributed by atoms with E-state index in [0.717, 1.165) is 6.54 Å². The van der Waals surface area contributed by atoms with Crippen molar-refractivity contribution in [3.8, 4) is 0 Å². The second-order valence-electron chi connectivity index (χ2n) is 2.75.